The number of benzene rings is 3. The zero-order valence-electron chi connectivity index (χ0n) is 17.7. The first-order chi connectivity index (χ1) is 16.3. The maximum Gasteiger partial charge on any atom is 0.335 e. The second-order valence-electron chi connectivity index (χ2n) is 8.50. The van der Waals surface area contributed by atoms with Crippen molar-refractivity contribution in [2.45, 2.75) is 33.9 Å². The second kappa shape index (κ2) is 8.92. The number of nitrogens with one attached hydrogen (secondary N) is 1. The van der Waals surface area contributed by atoms with Crippen molar-refractivity contribution in [1.29, 1.82) is 0 Å². The molecule has 2 N–H and O–H groups in total. The molecule has 34 heavy (non-hydrogen) atoms. The molecule has 1 aliphatic heterocycles. The largest absolute Gasteiger partial charge is 0.478 e. The number of nitrogens with zero attached hydrogens (tertiary/aromatic N) is 1. The zero-order chi connectivity index (χ0) is 24.0. The summed E-state index contributed by atoms with van der Waals surface area (Å²) in [5.74, 6) is -1.74. The van der Waals surface area contributed by atoms with Crippen molar-refractivity contribution in [3.05, 3.63) is 99.4 Å². The van der Waals surface area contributed by atoms with E-state index in [2.05, 4.69) is 5.32 Å². The van der Waals surface area contributed by atoms with Gasteiger partial charge in [-0.25, -0.2) is 9.18 Å². The highest BCUT2D eigenvalue weighted by Crippen LogP contribution is 2.58. The van der Waals surface area contributed by atoms with Crippen LogP contribution in [0.15, 0.2) is 71.6 Å². The number of hydrogen-bond donors (Lipinski definition) is 2. The van der Waals surface area contributed by atoms with E-state index < -0.39 is 16.3 Å². The van der Waals surface area contributed by atoms with Gasteiger partial charge < -0.3 is 10.4 Å². The fraction of sp³-hybridized carbons (Fsp3) is 0.240. The van der Waals surface area contributed by atoms with Gasteiger partial charge in [0.05, 0.1) is 26.8 Å². The highest BCUT2D eigenvalue weighted by Gasteiger charge is 2.51. The summed E-state index contributed by atoms with van der Waals surface area (Å²) in [5.41, 5.74) is 2.20. The number of para-hydroxylation sites is 1. The number of nitro groups is 1. The minimum atomic E-state index is -1.04. The van der Waals surface area contributed by atoms with Crippen LogP contribution in [-0.2, 0) is 0 Å². The Morgan fingerprint density at radius 2 is 1.85 bits per heavy atom. The molecule has 0 aromatic heterocycles. The Labute approximate surface area is 204 Å². The summed E-state index contributed by atoms with van der Waals surface area (Å²) in [6.07, 6.45) is 0.582. The SMILES string of the molecule is O=C(O)c1ccc2c(c1)[C@@H]1[C@H](Cl)[C@H](Sc3ccccc3[N+](=O)[O-])C[C@H]1[C@H](c1ccccc1F)N2. The molecule has 0 radical (unpaired) electrons. The Morgan fingerprint density at radius 3 is 2.59 bits per heavy atom. The van der Waals surface area contributed by atoms with Gasteiger partial charge in [-0.3, -0.25) is 10.1 Å². The molecule has 1 saturated carbocycles. The molecule has 0 saturated heterocycles. The summed E-state index contributed by atoms with van der Waals surface area (Å²) in [5, 5.41) is 23.8. The lowest BCUT2D eigenvalue weighted by molar-refractivity contribution is -0.387. The Morgan fingerprint density at radius 1 is 1.12 bits per heavy atom. The number of halogens is 2. The van der Waals surface area contributed by atoms with E-state index in [1.807, 2.05) is 0 Å². The van der Waals surface area contributed by atoms with Gasteiger partial charge in [-0.1, -0.05) is 30.3 Å². The molecule has 6 nitrogen and oxygen atoms in total. The van der Waals surface area contributed by atoms with Crippen LogP contribution in [0, 0.1) is 21.8 Å². The van der Waals surface area contributed by atoms with Crippen LogP contribution in [0.2, 0.25) is 0 Å². The molecule has 1 heterocycles. The van der Waals surface area contributed by atoms with Gasteiger partial charge in [0.2, 0.25) is 0 Å². The number of alkyl halides is 1. The molecule has 9 heteroatoms. The van der Waals surface area contributed by atoms with Crippen LogP contribution in [0.1, 0.15) is 39.9 Å². The van der Waals surface area contributed by atoms with Crippen molar-refractivity contribution in [3.63, 3.8) is 0 Å². The average Bonchev–Trinajstić information content (AvgIpc) is 3.15. The average molecular weight is 499 g/mol. The molecule has 0 unspecified atom stereocenters. The molecule has 0 bridgehead atoms. The van der Waals surface area contributed by atoms with Gasteiger partial charge in [0.15, 0.2) is 0 Å². The van der Waals surface area contributed by atoms with E-state index in [0.717, 1.165) is 11.3 Å². The van der Waals surface area contributed by atoms with E-state index >= 15 is 0 Å². The number of aromatic carboxylic acids is 1. The third-order valence-electron chi connectivity index (χ3n) is 6.64. The maximum absolute atomic E-state index is 14.8. The summed E-state index contributed by atoms with van der Waals surface area (Å²) in [6.45, 7) is 0. The Hall–Kier alpha value is -3.10. The number of fused-ring (bicyclic) bond motifs is 3. The maximum atomic E-state index is 14.8. The monoisotopic (exact) mass is 498 g/mol. The fourth-order valence-corrected chi connectivity index (χ4v) is 7.10. The van der Waals surface area contributed by atoms with Crippen molar-refractivity contribution in [2.24, 2.45) is 5.92 Å². The van der Waals surface area contributed by atoms with Crippen LogP contribution in [0.3, 0.4) is 0 Å². The van der Waals surface area contributed by atoms with Gasteiger partial charge in [0, 0.05) is 28.5 Å². The minimum absolute atomic E-state index is 0.0172. The van der Waals surface area contributed by atoms with E-state index in [1.54, 1.807) is 48.5 Å². The van der Waals surface area contributed by atoms with Crippen molar-refractivity contribution >= 4 is 40.7 Å². The Balaban J connectivity index is 1.57. The quantitative estimate of drug-likeness (QED) is 0.238. The minimum Gasteiger partial charge on any atom is -0.478 e. The predicted molar refractivity (Wildman–Crippen MR) is 129 cm³/mol. The van der Waals surface area contributed by atoms with Gasteiger partial charge in [0.25, 0.3) is 5.69 Å². The lowest BCUT2D eigenvalue weighted by Gasteiger charge is -2.38. The molecular formula is C25H20ClFN2O4S. The van der Waals surface area contributed by atoms with Crippen LogP contribution in [-0.4, -0.2) is 26.6 Å². The first kappa shape index (κ1) is 22.7. The molecule has 3 aromatic rings. The number of carboxylic acids is 1. The molecule has 1 fully saturated rings. The number of carbonyl (C=O) groups is 1. The molecule has 2 aliphatic rings. The molecule has 5 atom stereocenters. The molecule has 0 amide bonds. The van der Waals surface area contributed by atoms with Gasteiger partial charge in [-0.15, -0.1) is 23.4 Å². The van der Waals surface area contributed by atoms with Gasteiger partial charge in [-0.05, 0) is 48.2 Å². The number of anilines is 1. The van der Waals surface area contributed by atoms with E-state index in [0.29, 0.717) is 16.9 Å². The van der Waals surface area contributed by atoms with E-state index in [-0.39, 0.29) is 40.2 Å². The van der Waals surface area contributed by atoms with Gasteiger partial charge in [0.1, 0.15) is 5.82 Å². The highest BCUT2D eigenvalue weighted by molar-refractivity contribution is 8.00. The summed E-state index contributed by atoms with van der Waals surface area (Å²) in [6, 6.07) is 17.6. The first-order valence-electron chi connectivity index (χ1n) is 10.8. The summed E-state index contributed by atoms with van der Waals surface area (Å²) >= 11 is 8.38. The molecule has 174 valence electrons. The highest BCUT2D eigenvalue weighted by atomic mass is 35.5. The second-order valence-corrected chi connectivity index (χ2v) is 10.3. The number of thioether (sulfide) groups is 1. The third kappa shape index (κ3) is 3.91. The summed E-state index contributed by atoms with van der Waals surface area (Å²) in [7, 11) is 0. The number of carboxylic acid groups (broad SMARTS) is 1. The molecule has 0 spiro atoms. The summed E-state index contributed by atoms with van der Waals surface area (Å²) in [4.78, 5) is 23.3. The van der Waals surface area contributed by atoms with Gasteiger partial charge >= 0.3 is 5.97 Å². The van der Waals surface area contributed by atoms with Crippen molar-refractivity contribution < 1.29 is 19.2 Å². The summed E-state index contributed by atoms with van der Waals surface area (Å²) < 4.78 is 14.8. The first-order valence-corrected chi connectivity index (χ1v) is 12.1. The van der Waals surface area contributed by atoms with Crippen LogP contribution in [0.4, 0.5) is 15.8 Å². The van der Waals surface area contributed by atoms with Crippen LogP contribution >= 0.6 is 23.4 Å². The smallest absolute Gasteiger partial charge is 0.335 e. The van der Waals surface area contributed by atoms with Crippen molar-refractivity contribution in [2.75, 3.05) is 5.32 Å². The van der Waals surface area contributed by atoms with Gasteiger partial charge in [-0.2, -0.15) is 0 Å². The van der Waals surface area contributed by atoms with Crippen molar-refractivity contribution in [1.82, 2.24) is 0 Å². The molecular weight excluding hydrogens is 479 g/mol. The number of rotatable bonds is 5. The molecule has 5 rings (SSSR count). The topological polar surface area (TPSA) is 92.5 Å². The van der Waals surface area contributed by atoms with Crippen LogP contribution < -0.4 is 5.32 Å². The standard InChI is InChI=1S/C25H20ClFN2O4S/c26-23-21(34-20-8-4-3-7-19(20)29(32)33)12-16-22(23)15-11-13(25(30)31)9-10-18(15)28-24(16)14-5-1-2-6-17(14)27/h1-11,16,21-24,28H,12H2,(H,30,31)/t16-,21-,22+,23-,24+/m1/s1. The van der Waals surface area contributed by atoms with E-state index in [1.165, 1.54) is 30.0 Å². The third-order valence-corrected chi connectivity index (χ3v) is 8.75. The van der Waals surface area contributed by atoms with E-state index in [9.17, 15) is 24.4 Å². The number of hydrogen-bond acceptors (Lipinski definition) is 5. The zero-order valence-corrected chi connectivity index (χ0v) is 19.3. The fourth-order valence-electron chi connectivity index (χ4n) is 5.15. The van der Waals surface area contributed by atoms with Crippen molar-refractivity contribution in [3.8, 4) is 0 Å². The normalized spacial score (nSPS) is 25.2. The Bertz CT molecular complexity index is 1290. The molecule has 1 aliphatic carbocycles. The number of nitro benzene ring substituents is 1. The van der Waals surface area contributed by atoms with E-state index in [4.69, 9.17) is 11.6 Å². The predicted octanol–water partition coefficient (Wildman–Crippen LogP) is 6.47. The van der Waals surface area contributed by atoms with Crippen LogP contribution in [0.5, 0.6) is 0 Å². The lowest BCUT2D eigenvalue weighted by atomic mass is 9.76. The molecule has 3 aromatic carbocycles. The Kier molecular flexibility index (Phi) is 5.95. The lowest BCUT2D eigenvalue weighted by Crippen LogP contribution is -2.32. The van der Waals surface area contributed by atoms with Crippen LogP contribution in [0.25, 0.3) is 0 Å².